The van der Waals surface area contributed by atoms with Gasteiger partial charge in [-0.05, 0) is 55.5 Å². The van der Waals surface area contributed by atoms with Crippen LogP contribution in [0.1, 0.15) is 80.5 Å². The second-order valence-electron chi connectivity index (χ2n) is 10.7. The van der Waals surface area contributed by atoms with E-state index in [0.717, 1.165) is 42.6 Å². The van der Waals surface area contributed by atoms with E-state index in [1.54, 1.807) is 7.11 Å². The van der Waals surface area contributed by atoms with Gasteiger partial charge in [0, 0.05) is 50.2 Å². The van der Waals surface area contributed by atoms with Crippen molar-refractivity contribution in [2.45, 2.75) is 82.5 Å². The summed E-state index contributed by atoms with van der Waals surface area (Å²) in [6.07, 6.45) is 4.54. The first-order valence-electron chi connectivity index (χ1n) is 14.3. The first kappa shape index (κ1) is 30.1. The van der Waals surface area contributed by atoms with Crippen LogP contribution in [0.2, 0.25) is 0 Å². The number of carboxylic acid groups (broad SMARTS) is 1. The number of benzene rings is 2. The third kappa shape index (κ3) is 8.84. The van der Waals surface area contributed by atoms with Crippen LogP contribution in [0.15, 0.2) is 48.5 Å². The van der Waals surface area contributed by atoms with Gasteiger partial charge in [-0.1, -0.05) is 42.8 Å². The number of anilines is 1. The van der Waals surface area contributed by atoms with Crippen LogP contribution in [0.25, 0.3) is 0 Å². The molecule has 2 aliphatic rings. The van der Waals surface area contributed by atoms with E-state index >= 15 is 0 Å². The molecule has 4 rings (SSSR count). The van der Waals surface area contributed by atoms with Crippen LogP contribution in [-0.4, -0.2) is 65.9 Å². The summed E-state index contributed by atoms with van der Waals surface area (Å²) in [7, 11) is 1.74. The van der Waals surface area contributed by atoms with Gasteiger partial charge in [-0.3, -0.25) is 14.5 Å². The summed E-state index contributed by atoms with van der Waals surface area (Å²) in [5.41, 5.74) is 3.40. The average molecular weight is 555 g/mol. The molecule has 218 valence electrons. The Morgan fingerprint density at radius 2 is 1.85 bits per heavy atom. The number of carbonyl (C=O) groups is 2. The molecule has 0 saturated carbocycles. The van der Waals surface area contributed by atoms with Gasteiger partial charge in [0.15, 0.2) is 6.29 Å². The van der Waals surface area contributed by atoms with Gasteiger partial charge in [0.2, 0.25) is 5.91 Å². The number of aliphatic hydroxyl groups is 1. The Morgan fingerprint density at radius 3 is 2.60 bits per heavy atom. The number of nitrogens with one attached hydrogen (secondary N) is 1. The third-order valence-corrected chi connectivity index (χ3v) is 7.65. The number of likely N-dealkylation sites (tertiary alicyclic amines) is 1. The van der Waals surface area contributed by atoms with Crippen LogP contribution in [0, 0.1) is 0 Å². The van der Waals surface area contributed by atoms with Crippen molar-refractivity contribution >= 4 is 17.6 Å². The normalized spacial score (nSPS) is 23.2. The molecule has 0 radical (unpaired) electrons. The van der Waals surface area contributed by atoms with E-state index < -0.39 is 12.3 Å². The number of ether oxygens (including phenoxy) is 3. The predicted molar refractivity (Wildman–Crippen MR) is 151 cm³/mol. The number of aliphatic carboxylic acids is 1. The molecule has 3 N–H and O–H groups in total. The maximum absolute atomic E-state index is 12.5. The van der Waals surface area contributed by atoms with Gasteiger partial charge in [0.25, 0.3) is 0 Å². The number of unbranched alkanes of at least 4 members (excludes halogenated alkanes) is 2. The zero-order chi connectivity index (χ0) is 28.3. The Balaban J connectivity index is 1.44. The average Bonchev–Trinajstić information content (AvgIpc) is 3.39. The number of carboxylic acids is 1. The molecule has 1 amide bonds. The molecule has 0 aliphatic carbocycles. The largest absolute Gasteiger partial charge is 0.481 e. The smallest absolute Gasteiger partial charge is 0.303 e. The molecule has 4 atom stereocenters. The topological polar surface area (TPSA) is 118 Å². The Labute approximate surface area is 236 Å². The number of amides is 1. The maximum atomic E-state index is 12.5. The van der Waals surface area contributed by atoms with E-state index in [2.05, 4.69) is 10.2 Å². The molecule has 2 aromatic carbocycles. The Morgan fingerprint density at radius 1 is 1.05 bits per heavy atom. The van der Waals surface area contributed by atoms with E-state index in [1.165, 1.54) is 0 Å². The van der Waals surface area contributed by atoms with Crippen LogP contribution < -0.4 is 5.32 Å². The molecule has 40 heavy (non-hydrogen) atoms. The summed E-state index contributed by atoms with van der Waals surface area (Å²) >= 11 is 0. The number of hydrogen-bond acceptors (Lipinski definition) is 7. The third-order valence-electron chi connectivity index (χ3n) is 7.65. The predicted octanol–water partition coefficient (Wildman–Crippen LogP) is 4.81. The minimum Gasteiger partial charge on any atom is -0.481 e. The highest BCUT2D eigenvalue weighted by atomic mass is 16.7. The summed E-state index contributed by atoms with van der Waals surface area (Å²) in [5.74, 6) is -0.911. The van der Waals surface area contributed by atoms with Crippen molar-refractivity contribution in [1.29, 1.82) is 0 Å². The quantitative estimate of drug-likeness (QED) is 0.285. The van der Waals surface area contributed by atoms with Gasteiger partial charge in [-0.15, -0.1) is 0 Å². The molecule has 0 spiro atoms. The van der Waals surface area contributed by atoms with Crippen molar-refractivity contribution in [2.24, 2.45) is 0 Å². The van der Waals surface area contributed by atoms with Crippen molar-refractivity contribution in [2.75, 3.05) is 32.1 Å². The van der Waals surface area contributed by atoms with Crippen molar-refractivity contribution in [3.63, 3.8) is 0 Å². The van der Waals surface area contributed by atoms with Crippen LogP contribution in [-0.2, 0) is 30.4 Å². The lowest BCUT2D eigenvalue weighted by atomic mass is 9.99. The Hall–Kier alpha value is -2.82. The molecule has 2 heterocycles. The molecule has 0 aromatic heterocycles. The van der Waals surface area contributed by atoms with E-state index in [4.69, 9.17) is 19.3 Å². The highest BCUT2D eigenvalue weighted by Gasteiger charge is 2.35. The number of rotatable bonds is 14. The molecular formula is C31H42N2O7. The van der Waals surface area contributed by atoms with Crippen LogP contribution in [0.3, 0.4) is 0 Å². The summed E-state index contributed by atoms with van der Waals surface area (Å²) in [6, 6.07) is 15.8. The highest BCUT2D eigenvalue weighted by molar-refractivity contribution is 5.90. The van der Waals surface area contributed by atoms with Crippen LogP contribution in [0.5, 0.6) is 0 Å². The molecule has 9 nitrogen and oxygen atoms in total. The summed E-state index contributed by atoms with van der Waals surface area (Å²) < 4.78 is 18.5. The summed E-state index contributed by atoms with van der Waals surface area (Å²) in [5, 5.41) is 21.2. The van der Waals surface area contributed by atoms with Crippen molar-refractivity contribution in [3.05, 3.63) is 65.2 Å². The summed E-state index contributed by atoms with van der Waals surface area (Å²) in [4.78, 5) is 25.6. The van der Waals surface area contributed by atoms with Gasteiger partial charge in [0.1, 0.15) is 0 Å². The second-order valence-corrected chi connectivity index (χ2v) is 10.7. The lowest BCUT2D eigenvalue weighted by Gasteiger charge is -2.39. The fourth-order valence-corrected chi connectivity index (χ4v) is 5.54. The highest BCUT2D eigenvalue weighted by Crippen LogP contribution is 2.39. The molecule has 9 heteroatoms. The Kier molecular flexibility index (Phi) is 11.5. The molecule has 0 unspecified atom stereocenters. The number of aliphatic hydroxyl groups excluding tert-OH is 1. The number of nitrogens with zero attached hydrogens (tertiary/aromatic N) is 1. The fraction of sp³-hybridized carbons (Fsp3) is 0.548. The number of carbonyl (C=O) groups excluding carboxylic acids is 1. The molecular weight excluding hydrogens is 512 g/mol. The van der Waals surface area contributed by atoms with Crippen molar-refractivity contribution < 1.29 is 34.0 Å². The van der Waals surface area contributed by atoms with Gasteiger partial charge >= 0.3 is 5.97 Å². The number of methoxy groups -OCH3 is 1. The van der Waals surface area contributed by atoms with E-state index in [0.29, 0.717) is 50.4 Å². The maximum Gasteiger partial charge on any atom is 0.303 e. The van der Waals surface area contributed by atoms with Gasteiger partial charge in [-0.25, -0.2) is 0 Å². The van der Waals surface area contributed by atoms with Crippen molar-refractivity contribution in [1.82, 2.24) is 4.90 Å². The van der Waals surface area contributed by atoms with Crippen LogP contribution in [0.4, 0.5) is 5.69 Å². The zero-order valence-corrected chi connectivity index (χ0v) is 23.3. The fourth-order valence-electron chi connectivity index (χ4n) is 5.54. The van der Waals surface area contributed by atoms with Crippen molar-refractivity contribution in [3.8, 4) is 0 Å². The Bertz CT molecular complexity index is 1090. The summed E-state index contributed by atoms with van der Waals surface area (Å²) in [6.45, 7) is 2.52. The van der Waals surface area contributed by atoms with E-state index in [-0.39, 0.29) is 31.1 Å². The van der Waals surface area contributed by atoms with Gasteiger partial charge in [-0.2, -0.15) is 0 Å². The lowest BCUT2D eigenvalue weighted by Crippen LogP contribution is -2.42. The number of hydrogen-bond donors (Lipinski definition) is 3. The van der Waals surface area contributed by atoms with Crippen LogP contribution >= 0.6 is 0 Å². The standard InChI is InChI=1S/C31H42N2O7/c1-38-21-26-9-6-16-33(26)19-27-18-28(23-14-12-22(20-34)13-15-23)40-31(39-27)24-7-5-8-25(17-24)32-29(35)10-3-2-4-11-30(36)37/h5,7-8,12-15,17,26-28,31,34H,2-4,6,9-11,16,18-21H2,1H3,(H,32,35)(H,36,37)/t26-,27-,28+,31+/m0/s1. The SMILES string of the molecule is COC[C@@H]1CCCN1C[C@@H]1C[C@H](c2ccc(CO)cc2)O[C@H](c2cccc(NC(=O)CCCCCC(=O)O)c2)O1. The first-order chi connectivity index (χ1) is 19.4. The minimum atomic E-state index is -0.810. The molecule has 2 aromatic rings. The first-order valence-corrected chi connectivity index (χ1v) is 14.3. The molecule has 2 fully saturated rings. The second kappa shape index (κ2) is 15.3. The molecule has 2 saturated heterocycles. The monoisotopic (exact) mass is 554 g/mol. The van der Waals surface area contributed by atoms with E-state index in [9.17, 15) is 14.7 Å². The molecule has 2 aliphatic heterocycles. The zero-order valence-electron chi connectivity index (χ0n) is 23.3. The molecule has 0 bridgehead atoms. The minimum absolute atomic E-state index is 0.00312. The lowest BCUT2D eigenvalue weighted by molar-refractivity contribution is -0.253. The van der Waals surface area contributed by atoms with Gasteiger partial charge in [0.05, 0.1) is 25.4 Å². The van der Waals surface area contributed by atoms with E-state index in [1.807, 2.05) is 48.5 Å². The van der Waals surface area contributed by atoms with Gasteiger partial charge < -0.3 is 29.7 Å².